The third-order valence-electron chi connectivity index (χ3n) is 4.80. The van der Waals surface area contributed by atoms with Gasteiger partial charge in [-0.05, 0) is 37.3 Å². The lowest BCUT2D eigenvalue weighted by atomic mass is 10.1. The van der Waals surface area contributed by atoms with Gasteiger partial charge in [-0.3, -0.25) is 4.79 Å². The van der Waals surface area contributed by atoms with Gasteiger partial charge in [0.05, 0.1) is 4.88 Å². The molecule has 0 unspecified atom stereocenters. The fraction of sp³-hybridized carbons (Fsp3) is 0.632. The molecule has 1 N–H and O–H groups in total. The molecule has 0 saturated heterocycles. The third-order valence-corrected chi connectivity index (χ3v) is 6.03. The first-order valence-corrected chi connectivity index (χ1v) is 10.3. The van der Waals surface area contributed by atoms with Crippen LogP contribution in [0.5, 0.6) is 0 Å². The number of carbonyl (C=O) groups is 1. The summed E-state index contributed by atoms with van der Waals surface area (Å²) < 4.78 is 2.25. The first-order chi connectivity index (χ1) is 12.2. The molecule has 2 aromatic heterocycles. The summed E-state index contributed by atoms with van der Waals surface area (Å²) in [4.78, 5) is 14.7. The van der Waals surface area contributed by atoms with E-state index in [0.717, 1.165) is 55.2 Å². The van der Waals surface area contributed by atoms with Gasteiger partial charge in [0.15, 0.2) is 0 Å². The zero-order valence-electron chi connectivity index (χ0n) is 15.3. The van der Waals surface area contributed by atoms with E-state index in [2.05, 4.69) is 40.0 Å². The van der Waals surface area contributed by atoms with Gasteiger partial charge in [-0.2, -0.15) is 0 Å². The van der Waals surface area contributed by atoms with Crippen molar-refractivity contribution in [2.24, 2.45) is 0 Å². The van der Waals surface area contributed by atoms with Crippen LogP contribution < -0.4 is 5.32 Å². The summed E-state index contributed by atoms with van der Waals surface area (Å²) in [7, 11) is 0. The van der Waals surface area contributed by atoms with Gasteiger partial charge in [0.25, 0.3) is 5.91 Å². The Bertz CT molecular complexity index is 719. The van der Waals surface area contributed by atoms with Crippen molar-refractivity contribution in [3.8, 4) is 0 Å². The topological polar surface area (TPSA) is 59.8 Å². The highest BCUT2D eigenvalue weighted by Gasteiger charge is 2.16. The van der Waals surface area contributed by atoms with E-state index in [1.54, 1.807) is 11.3 Å². The molecule has 0 saturated carbocycles. The Morgan fingerprint density at radius 2 is 2.12 bits per heavy atom. The van der Waals surface area contributed by atoms with E-state index >= 15 is 0 Å². The maximum Gasteiger partial charge on any atom is 0.261 e. The molecule has 5 nitrogen and oxygen atoms in total. The van der Waals surface area contributed by atoms with Gasteiger partial charge < -0.3 is 9.88 Å². The zero-order valence-corrected chi connectivity index (χ0v) is 16.1. The molecule has 0 bridgehead atoms. The van der Waals surface area contributed by atoms with Crippen LogP contribution in [0.2, 0.25) is 0 Å². The van der Waals surface area contributed by atoms with E-state index in [1.807, 2.05) is 0 Å². The normalized spacial score (nSPS) is 14.2. The quantitative estimate of drug-likeness (QED) is 0.821. The van der Waals surface area contributed by atoms with Gasteiger partial charge >= 0.3 is 0 Å². The fourth-order valence-corrected chi connectivity index (χ4v) is 4.69. The van der Waals surface area contributed by atoms with Crippen LogP contribution in [0.15, 0.2) is 6.07 Å². The van der Waals surface area contributed by atoms with Crippen molar-refractivity contribution in [1.29, 1.82) is 0 Å². The second-order valence-corrected chi connectivity index (χ2v) is 7.80. The second-order valence-electron chi connectivity index (χ2n) is 6.66. The Kier molecular flexibility index (Phi) is 6.24. The molecule has 0 fully saturated rings. The molecule has 1 aliphatic rings. The van der Waals surface area contributed by atoms with E-state index in [-0.39, 0.29) is 5.91 Å². The monoisotopic (exact) mass is 360 g/mol. The average molecular weight is 361 g/mol. The lowest BCUT2D eigenvalue weighted by Crippen LogP contribution is -2.26. The van der Waals surface area contributed by atoms with Crippen LogP contribution in [0.1, 0.15) is 71.3 Å². The number of rotatable bonds is 7. The van der Waals surface area contributed by atoms with Crippen LogP contribution >= 0.6 is 11.3 Å². The van der Waals surface area contributed by atoms with Crippen LogP contribution in [0.3, 0.4) is 0 Å². The minimum atomic E-state index is 0.0395. The van der Waals surface area contributed by atoms with Gasteiger partial charge in [0.2, 0.25) is 0 Å². The zero-order chi connectivity index (χ0) is 17.6. The number of carbonyl (C=O) groups excluding carboxylic acids is 1. The second kappa shape index (κ2) is 8.61. The van der Waals surface area contributed by atoms with Crippen LogP contribution in [0.4, 0.5) is 0 Å². The molecule has 3 heterocycles. The average Bonchev–Trinajstić information content (AvgIpc) is 3.12. The number of nitrogens with zero attached hydrogens (tertiary/aromatic N) is 3. The molecule has 6 heteroatoms. The molecule has 0 aliphatic carbocycles. The Balaban J connectivity index is 1.57. The molecule has 2 aromatic rings. The van der Waals surface area contributed by atoms with Crippen molar-refractivity contribution in [2.45, 2.75) is 71.8 Å². The highest BCUT2D eigenvalue weighted by Crippen LogP contribution is 2.24. The van der Waals surface area contributed by atoms with Crippen LogP contribution in [0.25, 0.3) is 0 Å². The minimum absolute atomic E-state index is 0.0395. The lowest BCUT2D eigenvalue weighted by Gasteiger charge is -2.07. The summed E-state index contributed by atoms with van der Waals surface area (Å²) in [6, 6.07) is 2.06. The lowest BCUT2D eigenvalue weighted by molar-refractivity contribution is 0.0958. The Labute approximate surface area is 153 Å². The largest absolute Gasteiger partial charge is 0.351 e. The highest BCUT2D eigenvalue weighted by atomic mass is 32.1. The molecular formula is C19H28N4OS. The van der Waals surface area contributed by atoms with E-state index < -0.39 is 0 Å². The summed E-state index contributed by atoms with van der Waals surface area (Å²) in [5.41, 5.74) is 1.32. The summed E-state index contributed by atoms with van der Waals surface area (Å²) >= 11 is 1.65. The number of fused-ring (bicyclic) bond motifs is 1. The van der Waals surface area contributed by atoms with Crippen molar-refractivity contribution in [3.05, 3.63) is 33.0 Å². The number of nitrogens with one attached hydrogen (secondary N) is 1. The predicted octanol–water partition coefficient (Wildman–Crippen LogP) is 3.55. The number of aryl methyl sites for hydroxylation is 3. The molecule has 0 spiro atoms. The standard InChI is InChI=1S/C19H28N4OS/c1-3-8-15-14(4-2)13-16(25-15)19(24)20-11-10-18-22-21-17-9-6-5-7-12-23(17)18/h13H,3-12H2,1-2H3,(H,20,24). The van der Waals surface area contributed by atoms with Crippen molar-refractivity contribution in [2.75, 3.05) is 6.54 Å². The smallest absolute Gasteiger partial charge is 0.261 e. The number of hydrogen-bond donors (Lipinski definition) is 1. The maximum absolute atomic E-state index is 12.5. The number of aromatic nitrogens is 3. The Morgan fingerprint density at radius 3 is 2.92 bits per heavy atom. The Morgan fingerprint density at radius 1 is 1.24 bits per heavy atom. The first-order valence-electron chi connectivity index (χ1n) is 9.53. The van der Waals surface area contributed by atoms with E-state index in [1.165, 1.54) is 29.7 Å². The van der Waals surface area contributed by atoms with Gasteiger partial charge in [-0.15, -0.1) is 21.5 Å². The molecule has 1 aliphatic heterocycles. The molecule has 25 heavy (non-hydrogen) atoms. The van der Waals surface area contributed by atoms with Gasteiger partial charge in [-0.25, -0.2) is 0 Å². The molecule has 0 atom stereocenters. The number of amides is 1. The van der Waals surface area contributed by atoms with E-state index in [9.17, 15) is 4.79 Å². The fourth-order valence-electron chi connectivity index (χ4n) is 3.42. The minimum Gasteiger partial charge on any atom is -0.351 e. The van der Waals surface area contributed by atoms with Gasteiger partial charge in [0.1, 0.15) is 11.6 Å². The number of thiophene rings is 1. The highest BCUT2D eigenvalue weighted by molar-refractivity contribution is 7.14. The third kappa shape index (κ3) is 4.29. The van der Waals surface area contributed by atoms with E-state index in [0.29, 0.717) is 6.54 Å². The molecule has 3 rings (SSSR count). The van der Waals surface area contributed by atoms with Crippen molar-refractivity contribution >= 4 is 17.2 Å². The molecular weight excluding hydrogens is 332 g/mol. The van der Waals surface area contributed by atoms with Gasteiger partial charge in [0, 0.05) is 30.8 Å². The maximum atomic E-state index is 12.5. The SMILES string of the molecule is CCCc1sc(C(=O)NCCc2nnc3n2CCCCC3)cc1CC. The number of hydrogen-bond acceptors (Lipinski definition) is 4. The molecule has 136 valence electrons. The summed E-state index contributed by atoms with van der Waals surface area (Å²) in [6.07, 6.45) is 8.59. The van der Waals surface area contributed by atoms with Crippen molar-refractivity contribution in [1.82, 2.24) is 20.1 Å². The Hall–Kier alpha value is -1.69. The van der Waals surface area contributed by atoms with Crippen LogP contribution in [-0.4, -0.2) is 27.2 Å². The van der Waals surface area contributed by atoms with Gasteiger partial charge in [-0.1, -0.05) is 26.7 Å². The summed E-state index contributed by atoms with van der Waals surface area (Å²) in [5.74, 6) is 2.15. The first kappa shape index (κ1) is 18.1. The van der Waals surface area contributed by atoms with Crippen LogP contribution in [-0.2, 0) is 32.2 Å². The molecule has 0 aromatic carbocycles. The summed E-state index contributed by atoms with van der Waals surface area (Å²) in [6.45, 7) is 5.95. The van der Waals surface area contributed by atoms with Crippen molar-refractivity contribution in [3.63, 3.8) is 0 Å². The predicted molar refractivity (Wildman–Crippen MR) is 101 cm³/mol. The van der Waals surface area contributed by atoms with Crippen LogP contribution in [0, 0.1) is 0 Å². The van der Waals surface area contributed by atoms with E-state index in [4.69, 9.17) is 0 Å². The summed E-state index contributed by atoms with van der Waals surface area (Å²) in [5, 5.41) is 11.7. The molecule has 0 radical (unpaired) electrons. The van der Waals surface area contributed by atoms with Crippen molar-refractivity contribution < 1.29 is 4.79 Å². The molecule has 1 amide bonds.